The van der Waals surface area contributed by atoms with Crippen LogP contribution in [0.5, 0.6) is 0 Å². The lowest BCUT2D eigenvalue weighted by Crippen LogP contribution is -2.21. The zero-order valence-corrected chi connectivity index (χ0v) is 16.4. The summed E-state index contributed by atoms with van der Waals surface area (Å²) in [6.45, 7) is 3.46. The van der Waals surface area contributed by atoms with Crippen LogP contribution >= 0.6 is 11.6 Å². The molecule has 0 bridgehead atoms. The molecule has 1 aliphatic carbocycles. The van der Waals surface area contributed by atoms with Crippen LogP contribution in [0, 0.1) is 25.2 Å². The van der Waals surface area contributed by atoms with Crippen LogP contribution in [0.2, 0.25) is 5.02 Å². The summed E-state index contributed by atoms with van der Waals surface area (Å²) in [4.78, 5) is 24.2. The largest absolute Gasteiger partial charge is 0.451 e. The van der Waals surface area contributed by atoms with Gasteiger partial charge in [0.1, 0.15) is 11.6 Å². The Hall–Kier alpha value is -3.04. The van der Waals surface area contributed by atoms with Crippen molar-refractivity contribution in [3.63, 3.8) is 0 Å². The molecular weight excluding hydrogens is 378 g/mol. The van der Waals surface area contributed by atoms with Crippen LogP contribution in [0.3, 0.4) is 0 Å². The van der Waals surface area contributed by atoms with Crippen LogP contribution in [0.1, 0.15) is 35.8 Å². The topological polar surface area (TPSA) is 84.1 Å². The summed E-state index contributed by atoms with van der Waals surface area (Å²) in [6.07, 6.45) is 3.80. The van der Waals surface area contributed by atoms with E-state index in [1.54, 1.807) is 24.3 Å². The van der Waals surface area contributed by atoms with Gasteiger partial charge in [0.15, 0.2) is 6.61 Å². The smallest absolute Gasteiger partial charge is 0.349 e. The molecule has 0 saturated heterocycles. The molecule has 3 rings (SSSR count). The maximum absolute atomic E-state index is 12.2. The van der Waals surface area contributed by atoms with E-state index in [1.165, 1.54) is 6.08 Å². The van der Waals surface area contributed by atoms with Crippen LogP contribution < -0.4 is 5.32 Å². The molecule has 28 heavy (non-hydrogen) atoms. The first-order valence-corrected chi connectivity index (χ1v) is 9.30. The van der Waals surface area contributed by atoms with Crippen molar-refractivity contribution in [1.29, 1.82) is 5.26 Å². The van der Waals surface area contributed by atoms with E-state index < -0.39 is 18.5 Å². The van der Waals surface area contributed by atoms with Crippen molar-refractivity contribution in [3.05, 3.63) is 57.9 Å². The second kappa shape index (κ2) is 8.32. The second-order valence-corrected chi connectivity index (χ2v) is 7.11. The minimum atomic E-state index is -0.840. The van der Waals surface area contributed by atoms with Crippen molar-refractivity contribution in [2.75, 3.05) is 11.9 Å². The number of hydrogen-bond acceptors (Lipinski definition) is 4. The standard InChI is InChI=1S/C21H20ClN3O3/c1-13-9-15(14(2)25(13)17-7-8-17)10-16(11-23)21(27)28-12-20(26)24-19-6-4-3-5-18(19)22/h3-6,9-10,17H,7-8,12H2,1-2H3,(H,24,26)/b16-10+. The molecular formula is C21H20ClN3O3. The van der Waals surface area contributed by atoms with Gasteiger partial charge in [-0.05, 0) is 56.5 Å². The van der Waals surface area contributed by atoms with E-state index in [2.05, 4.69) is 9.88 Å². The molecule has 1 aromatic carbocycles. The van der Waals surface area contributed by atoms with E-state index in [0.29, 0.717) is 16.8 Å². The summed E-state index contributed by atoms with van der Waals surface area (Å²) in [6, 6.07) is 11.0. The number of rotatable bonds is 6. The number of hydrogen-bond donors (Lipinski definition) is 1. The highest BCUT2D eigenvalue weighted by Gasteiger charge is 2.27. The number of ether oxygens (including phenoxy) is 1. The highest BCUT2D eigenvalue weighted by atomic mass is 35.5. The van der Waals surface area contributed by atoms with Crippen molar-refractivity contribution < 1.29 is 14.3 Å². The van der Waals surface area contributed by atoms with E-state index in [1.807, 2.05) is 26.0 Å². The number of nitrogens with one attached hydrogen (secondary N) is 1. The minimum absolute atomic E-state index is 0.151. The number of aryl methyl sites for hydroxylation is 1. The van der Waals surface area contributed by atoms with E-state index in [-0.39, 0.29) is 5.57 Å². The number of amides is 1. The molecule has 0 unspecified atom stereocenters. The molecule has 144 valence electrons. The molecule has 6 nitrogen and oxygen atoms in total. The molecule has 1 fully saturated rings. The average molecular weight is 398 g/mol. The van der Waals surface area contributed by atoms with Crippen molar-refractivity contribution in [2.45, 2.75) is 32.7 Å². The van der Waals surface area contributed by atoms with Gasteiger partial charge in [-0.15, -0.1) is 0 Å². The van der Waals surface area contributed by atoms with Crippen LogP contribution in [-0.4, -0.2) is 23.1 Å². The molecule has 1 aromatic heterocycles. The van der Waals surface area contributed by atoms with Gasteiger partial charge in [-0.25, -0.2) is 4.79 Å². The van der Waals surface area contributed by atoms with Gasteiger partial charge in [-0.3, -0.25) is 4.79 Å². The first-order valence-electron chi connectivity index (χ1n) is 8.92. The van der Waals surface area contributed by atoms with Crippen LogP contribution in [0.4, 0.5) is 5.69 Å². The summed E-state index contributed by atoms with van der Waals surface area (Å²) in [5.74, 6) is -1.38. The van der Waals surface area contributed by atoms with Crippen LogP contribution in [0.25, 0.3) is 6.08 Å². The Morgan fingerprint density at radius 1 is 1.36 bits per heavy atom. The van der Waals surface area contributed by atoms with Gasteiger partial charge in [0.2, 0.25) is 0 Å². The summed E-state index contributed by atoms with van der Waals surface area (Å²) in [5, 5.41) is 12.3. The van der Waals surface area contributed by atoms with Crippen molar-refractivity contribution in [1.82, 2.24) is 4.57 Å². The van der Waals surface area contributed by atoms with Crippen LogP contribution in [0.15, 0.2) is 35.9 Å². The van der Waals surface area contributed by atoms with Gasteiger partial charge < -0.3 is 14.6 Å². The van der Waals surface area contributed by atoms with Crippen molar-refractivity contribution in [3.8, 4) is 6.07 Å². The Morgan fingerprint density at radius 3 is 2.71 bits per heavy atom. The quantitative estimate of drug-likeness (QED) is 0.450. The molecule has 2 aromatic rings. The summed E-state index contributed by atoms with van der Waals surface area (Å²) in [7, 11) is 0. The normalized spacial score (nSPS) is 13.7. The minimum Gasteiger partial charge on any atom is -0.451 e. The number of carbonyl (C=O) groups is 2. The number of nitrogens with zero attached hydrogens (tertiary/aromatic N) is 2. The third-order valence-corrected chi connectivity index (χ3v) is 4.89. The fraction of sp³-hybridized carbons (Fsp3) is 0.286. The summed E-state index contributed by atoms with van der Waals surface area (Å²) >= 11 is 5.97. The second-order valence-electron chi connectivity index (χ2n) is 6.70. The average Bonchev–Trinajstić information content (AvgIpc) is 3.45. The molecule has 1 aliphatic rings. The van der Waals surface area contributed by atoms with E-state index >= 15 is 0 Å². The Morgan fingerprint density at radius 2 is 2.07 bits per heavy atom. The molecule has 1 heterocycles. The van der Waals surface area contributed by atoms with Gasteiger partial charge >= 0.3 is 5.97 Å². The number of para-hydroxylation sites is 1. The third-order valence-electron chi connectivity index (χ3n) is 4.56. The maximum Gasteiger partial charge on any atom is 0.349 e. The monoisotopic (exact) mass is 397 g/mol. The highest BCUT2D eigenvalue weighted by molar-refractivity contribution is 6.33. The number of benzene rings is 1. The molecule has 1 saturated carbocycles. The maximum atomic E-state index is 12.2. The molecule has 7 heteroatoms. The highest BCUT2D eigenvalue weighted by Crippen LogP contribution is 2.38. The third kappa shape index (κ3) is 4.44. The Labute approximate surface area is 168 Å². The Balaban J connectivity index is 1.65. The van der Waals surface area contributed by atoms with Gasteiger partial charge in [0, 0.05) is 17.4 Å². The zero-order valence-electron chi connectivity index (χ0n) is 15.7. The fourth-order valence-electron chi connectivity index (χ4n) is 3.09. The molecule has 0 radical (unpaired) electrons. The lowest BCUT2D eigenvalue weighted by molar-refractivity contribution is -0.142. The lowest BCUT2D eigenvalue weighted by Gasteiger charge is -2.08. The lowest BCUT2D eigenvalue weighted by atomic mass is 10.1. The van der Waals surface area contributed by atoms with Crippen LogP contribution in [-0.2, 0) is 14.3 Å². The van der Waals surface area contributed by atoms with E-state index in [4.69, 9.17) is 16.3 Å². The predicted octanol–water partition coefficient (Wildman–Crippen LogP) is 4.18. The molecule has 1 N–H and O–H groups in total. The first-order chi connectivity index (χ1) is 13.4. The van der Waals surface area contributed by atoms with E-state index in [0.717, 1.165) is 29.8 Å². The van der Waals surface area contributed by atoms with Gasteiger partial charge in [0.25, 0.3) is 5.91 Å². The zero-order chi connectivity index (χ0) is 20.3. The number of nitriles is 1. The number of halogens is 1. The SMILES string of the molecule is Cc1cc(/C=C(\C#N)C(=O)OCC(=O)Nc2ccccc2Cl)c(C)n1C1CC1. The Kier molecular flexibility index (Phi) is 5.86. The summed E-state index contributed by atoms with van der Waals surface area (Å²) < 4.78 is 7.21. The summed E-state index contributed by atoms with van der Waals surface area (Å²) in [5.41, 5.74) is 3.18. The molecule has 1 amide bonds. The predicted molar refractivity (Wildman–Crippen MR) is 107 cm³/mol. The number of anilines is 1. The Bertz CT molecular complexity index is 997. The van der Waals surface area contributed by atoms with E-state index in [9.17, 15) is 14.9 Å². The molecule has 0 spiro atoms. The van der Waals surface area contributed by atoms with Gasteiger partial charge in [0.05, 0.1) is 10.7 Å². The number of esters is 1. The molecule has 0 atom stereocenters. The van der Waals surface area contributed by atoms with Gasteiger partial charge in [-0.1, -0.05) is 23.7 Å². The van der Waals surface area contributed by atoms with Gasteiger partial charge in [-0.2, -0.15) is 5.26 Å². The van der Waals surface area contributed by atoms with Crippen molar-refractivity contribution >= 4 is 35.2 Å². The number of aromatic nitrogens is 1. The fourth-order valence-corrected chi connectivity index (χ4v) is 3.28. The first kappa shape index (κ1) is 19.7. The molecule has 0 aliphatic heterocycles. The van der Waals surface area contributed by atoms with Crippen molar-refractivity contribution in [2.24, 2.45) is 0 Å². The number of carbonyl (C=O) groups excluding carboxylic acids is 2.